The third kappa shape index (κ3) is 2.02. The lowest BCUT2D eigenvalue weighted by Crippen LogP contribution is -2.56. The minimum Gasteiger partial charge on any atom is -0.477 e. The average molecular weight is 257 g/mol. The minimum absolute atomic E-state index is 0.117. The number of carbonyl (C=O) groups excluding carboxylic acids is 2. The van der Waals surface area contributed by atoms with E-state index in [1.165, 1.54) is 29.7 Å². The molecule has 2 aliphatic rings. The molecule has 7 heteroatoms. The van der Waals surface area contributed by atoms with Crippen LogP contribution < -0.4 is 0 Å². The van der Waals surface area contributed by atoms with Crippen LogP contribution in [0.25, 0.3) is 0 Å². The van der Waals surface area contributed by atoms with Crippen LogP contribution in [0.15, 0.2) is 11.8 Å². The maximum absolute atomic E-state index is 11.3. The molecule has 0 aromatic carbocycles. The van der Waals surface area contributed by atoms with Crippen molar-refractivity contribution in [2.75, 3.05) is 0 Å². The predicted molar refractivity (Wildman–Crippen MR) is 58.7 cm³/mol. The Balaban J connectivity index is 2.33. The van der Waals surface area contributed by atoms with Gasteiger partial charge in [0.05, 0.1) is 11.8 Å². The molecule has 2 rings (SSSR count). The number of esters is 1. The SMILES string of the molecule is CC(=O)OC1(C)C=C(C(=O)O)N2C(=O)C[C@H]2S1. The second kappa shape index (κ2) is 3.76. The molecule has 0 spiro atoms. The highest BCUT2D eigenvalue weighted by Crippen LogP contribution is 2.46. The van der Waals surface area contributed by atoms with Gasteiger partial charge in [0.1, 0.15) is 5.70 Å². The first-order valence-electron chi connectivity index (χ1n) is 4.98. The van der Waals surface area contributed by atoms with Crippen LogP contribution in [-0.4, -0.2) is 38.2 Å². The van der Waals surface area contributed by atoms with Gasteiger partial charge in [0, 0.05) is 13.0 Å². The van der Waals surface area contributed by atoms with E-state index in [2.05, 4.69) is 0 Å². The maximum atomic E-state index is 11.3. The summed E-state index contributed by atoms with van der Waals surface area (Å²) in [5, 5.41) is 8.77. The monoisotopic (exact) mass is 257 g/mol. The van der Waals surface area contributed by atoms with Gasteiger partial charge in [0.2, 0.25) is 5.91 Å². The molecule has 0 saturated carbocycles. The van der Waals surface area contributed by atoms with Crippen molar-refractivity contribution >= 4 is 29.6 Å². The Bertz CT molecular complexity index is 446. The topological polar surface area (TPSA) is 83.9 Å². The van der Waals surface area contributed by atoms with Gasteiger partial charge in [-0.05, 0) is 6.92 Å². The number of rotatable bonds is 2. The van der Waals surface area contributed by atoms with Crippen LogP contribution in [0, 0.1) is 0 Å². The van der Waals surface area contributed by atoms with Crippen LogP contribution in [-0.2, 0) is 19.1 Å². The lowest BCUT2D eigenvalue weighted by Gasteiger charge is -2.47. The first-order valence-corrected chi connectivity index (χ1v) is 5.86. The van der Waals surface area contributed by atoms with Crippen LogP contribution in [0.5, 0.6) is 0 Å². The smallest absolute Gasteiger partial charge is 0.352 e. The largest absolute Gasteiger partial charge is 0.477 e. The van der Waals surface area contributed by atoms with Gasteiger partial charge < -0.3 is 9.84 Å². The molecule has 17 heavy (non-hydrogen) atoms. The van der Waals surface area contributed by atoms with Crippen molar-refractivity contribution < 1.29 is 24.2 Å². The quantitative estimate of drug-likeness (QED) is 0.574. The molecule has 0 aliphatic carbocycles. The first kappa shape index (κ1) is 12.0. The number of hydrogen-bond donors (Lipinski definition) is 1. The Kier molecular flexibility index (Phi) is 2.65. The van der Waals surface area contributed by atoms with Crippen LogP contribution in [0.4, 0.5) is 0 Å². The highest BCUT2D eigenvalue weighted by molar-refractivity contribution is 8.01. The molecule has 1 unspecified atom stereocenters. The summed E-state index contributed by atoms with van der Waals surface area (Å²) in [5.74, 6) is -1.90. The van der Waals surface area contributed by atoms with Gasteiger partial charge in [0.15, 0.2) is 4.93 Å². The van der Waals surface area contributed by atoms with Gasteiger partial charge in [-0.3, -0.25) is 14.5 Å². The molecule has 92 valence electrons. The van der Waals surface area contributed by atoms with Gasteiger partial charge in [-0.25, -0.2) is 4.79 Å². The Morgan fingerprint density at radius 1 is 1.65 bits per heavy atom. The standard InChI is InChI=1S/C10H11NO5S/c1-5(12)16-10(2)4-6(9(14)15)11-7(13)3-8(11)17-10/h4,8H,3H2,1-2H3,(H,14,15)/t8-,10?/m1/s1. The number of amides is 1. The van der Waals surface area contributed by atoms with Crippen molar-refractivity contribution in [3.05, 3.63) is 11.8 Å². The van der Waals surface area contributed by atoms with Gasteiger partial charge in [0.25, 0.3) is 0 Å². The van der Waals surface area contributed by atoms with Gasteiger partial charge in [-0.1, -0.05) is 11.8 Å². The number of hydrogen-bond acceptors (Lipinski definition) is 5. The minimum atomic E-state index is -1.19. The second-order valence-electron chi connectivity index (χ2n) is 3.98. The van der Waals surface area contributed by atoms with Crippen molar-refractivity contribution in [1.82, 2.24) is 4.90 Å². The molecule has 1 N–H and O–H groups in total. The summed E-state index contributed by atoms with van der Waals surface area (Å²) in [7, 11) is 0. The molecule has 2 aliphatic heterocycles. The van der Waals surface area contributed by atoms with Crippen LogP contribution in [0.1, 0.15) is 20.3 Å². The lowest BCUT2D eigenvalue weighted by atomic mass is 10.1. The van der Waals surface area contributed by atoms with Gasteiger partial charge in [-0.15, -0.1) is 0 Å². The van der Waals surface area contributed by atoms with E-state index in [4.69, 9.17) is 9.84 Å². The van der Waals surface area contributed by atoms with Crippen LogP contribution >= 0.6 is 11.8 Å². The van der Waals surface area contributed by atoms with E-state index in [1.54, 1.807) is 6.92 Å². The fourth-order valence-electron chi connectivity index (χ4n) is 1.90. The third-order valence-corrected chi connectivity index (χ3v) is 3.82. The summed E-state index contributed by atoms with van der Waals surface area (Å²) in [6.07, 6.45) is 1.57. The molecular weight excluding hydrogens is 246 g/mol. The number of ether oxygens (including phenoxy) is 1. The van der Waals surface area contributed by atoms with Crippen LogP contribution in [0.3, 0.4) is 0 Å². The van der Waals surface area contributed by atoms with Crippen molar-refractivity contribution in [3.63, 3.8) is 0 Å². The molecule has 0 aromatic heterocycles. The van der Waals surface area contributed by atoms with E-state index in [-0.39, 0.29) is 23.4 Å². The molecule has 1 saturated heterocycles. The Morgan fingerprint density at radius 2 is 2.29 bits per heavy atom. The predicted octanol–water partition coefficient (Wildman–Crippen LogP) is 0.539. The van der Waals surface area contributed by atoms with Gasteiger partial charge >= 0.3 is 11.9 Å². The second-order valence-corrected chi connectivity index (χ2v) is 5.58. The van der Waals surface area contributed by atoms with Crippen molar-refractivity contribution in [1.29, 1.82) is 0 Å². The summed E-state index contributed by atoms with van der Waals surface area (Å²) < 4.78 is 5.09. The van der Waals surface area contributed by atoms with E-state index in [0.29, 0.717) is 0 Å². The molecule has 2 atom stereocenters. The normalized spacial score (nSPS) is 31.2. The van der Waals surface area contributed by atoms with Crippen molar-refractivity contribution in [2.24, 2.45) is 0 Å². The van der Waals surface area contributed by atoms with E-state index in [0.717, 1.165) is 0 Å². The summed E-state index contributed by atoms with van der Waals surface area (Å²) in [4.78, 5) is 33.5. The number of aliphatic carboxylic acids is 1. The van der Waals surface area contributed by atoms with Crippen molar-refractivity contribution in [2.45, 2.75) is 30.6 Å². The molecule has 2 heterocycles. The number of carbonyl (C=O) groups is 3. The summed E-state index contributed by atoms with van der Waals surface area (Å²) in [6, 6.07) is 0. The Morgan fingerprint density at radius 3 is 2.76 bits per heavy atom. The molecule has 1 amide bonds. The molecule has 0 aromatic rings. The maximum Gasteiger partial charge on any atom is 0.352 e. The number of carboxylic acid groups (broad SMARTS) is 1. The number of β-lactam (4-membered cyclic amide) rings is 1. The van der Waals surface area contributed by atoms with E-state index in [9.17, 15) is 14.4 Å². The first-order chi connectivity index (χ1) is 7.82. The van der Waals surface area contributed by atoms with E-state index < -0.39 is 16.9 Å². The molecule has 0 radical (unpaired) electrons. The zero-order valence-corrected chi connectivity index (χ0v) is 10.1. The molecule has 6 nitrogen and oxygen atoms in total. The van der Waals surface area contributed by atoms with Crippen LogP contribution in [0.2, 0.25) is 0 Å². The Labute approximate surface area is 102 Å². The fourth-order valence-corrected chi connectivity index (χ4v) is 3.34. The fraction of sp³-hybridized carbons (Fsp3) is 0.500. The number of fused-ring (bicyclic) bond motifs is 1. The summed E-state index contributed by atoms with van der Waals surface area (Å²) >= 11 is 1.26. The highest BCUT2D eigenvalue weighted by atomic mass is 32.2. The Hall–Kier alpha value is -1.50. The van der Waals surface area contributed by atoms with E-state index >= 15 is 0 Å². The average Bonchev–Trinajstić information content (AvgIpc) is 2.13. The summed E-state index contributed by atoms with van der Waals surface area (Å²) in [6.45, 7) is 2.88. The number of nitrogens with zero attached hydrogens (tertiary/aromatic N) is 1. The van der Waals surface area contributed by atoms with Crippen molar-refractivity contribution in [3.8, 4) is 0 Å². The third-order valence-electron chi connectivity index (χ3n) is 2.50. The zero-order chi connectivity index (χ0) is 12.8. The van der Waals surface area contributed by atoms with E-state index in [1.807, 2.05) is 0 Å². The highest BCUT2D eigenvalue weighted by Gasteiger charge is 2.50. The summed E-state index contributed by atoms with van der Waals surface area (Å²) in [5.41, 5.74) is -0.117. The zero-order valence-electron chi connectivity index (χ0n) is 9.30. The lowest BCUT2D eigenvalue weighted by molar-refractivity contribution is -0.149. The number of carboxylic acids is 1. The number of thioether (sulfide) groups is 1. The molecule has 1 fully saturated rings. The van der Waals surface area contributed by atoms with Gasteiger partial charge in [-0.2, -0.15) is 0 Å². The molecule has 0 bridgehead atoms. The molecular formula is C10H11NO5S.